The van der Waals surface area contributed by atoms with Gasteiger partial charge in [-0.1, -0.05) is 176 Å². The number of benzene rings is 8. The van der Waals surface area contributed by atoms with Crippen molar-refractivity contribution in [1.29, 1.82) is 0 Å². The van der Waals surface area contributed by atoms with Gasteiger partial charge in [0.1, 0.15) is 11.2 Å². The van der Waals surface area contributed by atoms with E-state index in [9.17, 15) is 0 Å². The summed E-state index contributed by atoms with van der Waals surface area (Å²) in [6.45, 7) is 0. The molecule has 4 nitrogen and oxygen atoms in total. The van der Waals surface area contributed by atoms with E-state index in [1.54, 1.807) is 0 Å². The predicted octanol–water partition coefficient (Wildman–Crippen LogP) is 13.4. The van der Waals surface area contributed by atoms with Crippen molar-refractivity contribution in [2.45, 2.75) is 0 Å². The fourth-order valence-electron chi connectivity index (χ4n) is 7.35. The van der Waals surface area contributed by atoms with Gasteiger partial charge in [-0.2, -0.15) is 0 Å². The van der Waals surface area contributed by atoms with Gasteiger partial charge in [0.2, 0.25) is 0 Å². The van der Waals surface area contributed by atoms with Crippen molar-refractivity contribution in [3.05, 3.63) is 200 Å². The summed E-state index contributed by atoms with van der Waals surface area (Å²) >= 11 is 0. The molecule has 4 heteroatoms. The molecule has 0 aliphatic rings. The van der Waals surface area contributed by atoms with Crippen molar-refractivity contribution in [2.75, 3.05) is 0 Å². The van der Waals surface area contributed by atoms with Crippen molar-refractivity contribution in [2.24, 2.45) is 0 Å². The molecule has 0 aliphatic heterocycles. The zero-order chi connectivity index (χ0) is 36.6. The SMILES string of the molecule is c1ccc(-c2ccc(-c3cccc(-c4nc(-c5ccc(-c6ccccc6)cc5)nc(-c5ccc6c(c5)oc5cccc(-c7ccccc7)c56)n4)c3)cc2)cc1. The smallest absolute Gasteiger partial charge is 0.164 e. The molecule has 0 aliphatic carbocycles. The van der Waals surface area contributed by atoms with E-state index in [1.807, 2.05) is 30.3 Å². The molecule has 2 aromatic heterocycles. The van der Waals surface area contributed by atoms with Gasteiger partial charge in [-0.3, -0.25) is 0 Å². The number of furan rings is 1. The monoisotopic (exact) mass is 703 g/mol. The van der Waals surface area contributed by atoms with E-state index in [1.165, 1.54) is 11.1 Å². The number of aromatic nitrogens is 3. The summed E-state index contributed by atoms with van der Waals surface area (Å²) in [6, 6.07) is 69.3. The van der Waals surface area contributed by atoms with Gasteiger partial charge in [-0.05, 0) is 68.8 Å². The van der Waals surface area contributed by atoms with Gasteiger partial charge in [0.25, 0.3) is 0 Å². The molecule has 0 saturated carbocycles. The normalized spacial score (nSPS) is 11.3. The highest BCUT2D eigenvalue weighted by Gasteiger charge is 2.17. The maximum Gasteiger partial charge on any atom is 0.164 e. The first-order valence-corrected chi connectivity index (χ1v) is 18.4. The average molecular weight is 704 g/mol. The molecule has 0 atom stereocenters. The number of nitrogens with zero attached hydrogens (tertiary/aromatic N) is 3. The topological polar surface area (TPSA) is 51.8 Å². The van der Waals surface area contributed by atoms with Gasteiger partial charge < -0.3 is 4.42 Å². The summed E-state index contributed by atoms with van der Waals surface area (Å²) in [4.78, 5) is 15.3. The Hall–Kier alpha value is -7.43. The second-order valence-electron chi connectivity index (χ2n) is 13.6. The van der Waals surface area contributed by atoms with Crippen LogP contribution in [-0.2, 0) is 0 Å². The highest BCUT2D eigenvalue weighted by molar-refractivity contribution is 6.13. The van der Waals surface area contributed by atoms with E-state index >= 15 is 0 Å². The molecule has 0 spiro atoms. The number of fused-ring (bicyclic) bond motifs is 3. The Balaban J connectivity index is 1.08. The third kappa shape index (κ3) is 6.26. The van der Waals surface area contributed by atoms with Crippen molar-refractivity contribution in [1.82, 2.24) is 15.0 Å². The van der Waals surface area contributed by atoms with Crippen molar-refractivity contribution >= 4 is 21.9 Å². The molecular weight excluding hydrogens is 671 g/mol. The largest absolute Gasteiger partial charge is 0.456 e. The van der Waals surface area contributed by atoms with Gasteiger partial charge in [-0.25, -0.2) is 15.0 Å². The molecule has 2 heterocycles. The minimum Gasteiger partial charge on any atom is -0.456 e. The number of hydrogen-bond acceptors (Lipinski definition) is 4. The Morgan fingerprint density at radius 3 is 1.29 bits per heavy atom. The minimum atomic E-state index is 0.579. The van der Waals surface area contributed by atoms with Crippen LogP contribution in [0, 0.1) is 0 Å². The predicted molar refractivity (Wildman–Crippen MR) is 225 cm³/mol. The van der Waals surface area contributed by atoms with Crippen LogP contribution in [0.1, 0.15) is 0 Å². The summed E-state index contributed by atoms with van der Waals surface area (Å²) < 4.78 is 6.49. The van der Waals surface area contributed by atoms with Crippen LogP contribution in [0.3, 0.4) is 0 Å². The first kappa shape index (κ1) is 32.2. The van der Waals surface area contributed by atoms with E-state index < -0.39 is 0 Å². The maximum absolute atomic E-state index is 6.49. The van der Waals surface area contributed by atoms with Crippen molar-refractivity contribution in [3.8, 4) is 78.7 Å². The van der Waals surface area contributed by atoms with Crippen molar-refractivity contribution in [3.63, 3.8) is 0 Å². The Morgan fingerprint density at radius 1 is 0.273 bits per heavy atom. The fourth-order valence-corrected chi connectivity index (χ4v) is 7.35. The molecule has 55 heavy (non-hydrogen) atoms. The molecule has 0 N–H and O–H groups in total. The molecule has 0 fully saturated rings. The number of hydrogen-bond donors (Lipinski definition) is 0. The first-order valence-electron chi connectivity index (χ1n) is 18.4. The molecule has 0 unspecified atom stereocenters. The Morgan fingerprint density at radius 2 is 0.691 bits per heavy atom. The second-order valence-corrected chi connectivity index (χ2v) is 13.6. The van der Waals surface area contributed by atoms with E-state index in [0.29, 0.717) is 17.5 Å². The Labute approximate surface area is 319 Å². The van der Waals surface area contributed by atoms with E-state index in [2.05, 4.69) is 170 Å². The van der Waals surface area contributed by atoms with E-state index in [4.69, 9.17) is 19.4 Å². The fraction of sp³-hybridized carbons (Fsp3) is 0. The minimum absolute atomic E-state index is 0.579. The van der Waals surface area contributed by atoms with Crippen LogP contribution in [0.2, 0.25) is 0 Å². The van der Waals surface area contributed by atoms with Crippen LogP contribution in [0.5, 0.6) is 0 Å². The van der Waals surface area contributed by atoms with Crippen LogP contribution in [0.4, 0.5) is 0 Å². The highest BCUT2D eigenvalue weighted by Crippen LogP contribution is 2.38. The molecule has 0 saturated heterocycles. The second kappa shape index (κ2) is 13.8. The van der Waals surface area contributed by atoms with Gasteiger partial charge in [-0.15, -0.1) is 0 Å². The van der Waals surface area contributed by atoms with E-state index in [0.717, 1.165) is 72.0 Å². The standard InChI is InChI=1S/C51H33N3O/c1-4-12-34(13-5-1)36-22-24-38(25-23-36)41-18-10-19-42(32-41)50-52-49(40-28-26-37(27-29-40)35-14-6-2-7-15-35)53-51(54-50)43-30-31-45-47(33-43)55-46-21-11-20-44(48(45)46)39-16-8-3-9-17-39/h1-33H. The van der Waals surface area contributed by atoms with Crippen LogP contribution < -0.4 is 0 Å². The zero-order valence-corrected chi connectivity index (χ0v) is 29.8. The summed E-state index contributed by atoms with van der Waals surface area (Å²) in [6.07, 6.45) is 0. The molecule has 8 aromatic carbocycles. The molecule has 0 amide bonds. The zero-order valence-electron chi connectivity index (χ0n) is 29.8. The molecule has 10 rings (SSSR count). The third-order valence-electron chi connectivity index (χ3n) is 10.2. The summed E-state index contributed by atoms with van der Waals surface area (Å²) in [7, 11) is 0. The first-order chi connectivity index (χ1) is 27.2. The van der Waals surface area contributed by atoms with Gasteiger partial charge in [0, 0.05) is 27.5 Å². The Kier molecular flexibility index (Phi) is 8.12. The average Bonchev–Trinajstić information content (AvgIpc) is 3.66. The van der Waals surface area contributed by atoms with Gasteiger partial charge >= 0.3 is 0 Å². The van der Waals surface area contributed by atoms with Crippen LogP contribution >= 0.6 is 0 Å². The van der Waals surface area contributed by atoms with Gasteiger partial charge in [0.05, 0.1) is 0 Å². The lowest BCUT2D eigenvalue weighted by atomic mass is 9.99. The van der Waals surface area contributed by atoms with Crippen LogP contribution in [-0.4, -0.2) is 15.0 Å². The third-order valence-corrected chi connectivity index (χ3v) is 10.2. The molecular formula is C51H33N3O. The van der Waals surface area contributed by atoms with Crippen LogP contribution in [0.25, 0.3) is 101 Å². The molecule has 0 radical (unpaired) electrons. The van der Waals surface area contributed by atoms with Crippen molar-refractivity contribution < 1.29 is 4.42 Å². The number of rotatable bonds is 7. The summed E-state index contributed by atoms with van der Waals surface area (Å²) in [5.74, 6) is 1.79. The summed E-state index contributed by atoms with van der Waals surface area (Å²) in [5, 5.41) is 2.15. The van der Waals surface area contributed by atoms with Gasteiger partial charge in [0.15, 0.2) is 17.5 Å². The maximum atomic E-state index is 6.49. The van der Waals surface area contributed by atoms with Crippen LogP contribution in [0.15, 0.2) is 205 Å². The summed E-state index contributed by atoms with van der Waals surface area (Å²) in [5.41, 5.74) is 13.5. The lowest BCUT2D eigenvalue weighted by molar-refractivity contribution is 0.669. The van der Waals surface area contributed by atoms with E-state index in [-0.39, 0.29) is 0 Å². The highest BCUT2D eigenvalue weighted by atomic mass is 16.3. The Bertz CT molecular complexity index is 2940. The molecule has 10 aromatic rings. The lowest BCUT2D eigenvalue weighted by Crippen LogP contribution is -2.00. The molecule has 258 valence electrons. The quantitative estimate of drug-likeness (QED) is 0.166. The lowest BCUT2D eigenvalue weighted by Gasteiger charge is -2.11. The molecule has 0 bridgehead atoms.